The topological polar surface area (TPSA) is 96.1 Å². The Morgan fingerprint density at radius 2 is 1.97 bits per heavy atom. The Balaban J connectivity index is 1.43. The first-order chi connectivity index (χ1) is 17.5. The normalized spacial score (nSPS) is 19.2. The number of aromatic nitrogens is 4. The predicted molar refractivity (Wildman–Crippen MR) is 144 cm³/mol. The molecular formula is C28H35N7O. The molecule has 2 aromatic carbocycles. The van der Waals surface area contributed by atoms with Gasteiger partial charge < -0.3 is 25.1 Å². The van der Waals surface area contributed by atoms with Crippen molar-refractivity contribution in [2.45, 2.75) is 44.6 Å². The highest BCUT2D eigenvalue weighted by Crippen LogP contribution is 2.39. The Hall–Kier alpha value is -3.39. The number of hydrogen-bond donors (Lipinski definition) is 2. The molecule has 1 saturated carbocycles. The zero-order valence-corrected chi connectivity index (χ0v) is 21.2. The van der Waals surface area contributed by atoms with Crippen molar-refractivity contribution in [1.82, 2.24) is 24.4 Å². The minimum Gasteiger partial charge on any atom is -0.370 e. The molecule has 8 heteroatoms. The van der Waals surface area contributed by atoms with Gasteiger partial charge in [0.25, 0.3) is 5.91 Å². The van der Waals surface area contributed by atoms with Crippen molar-refractivity contribution in [2.24, 2.45) is 11.7 Å². The van der Waals surface area contributed by atoms with E-state index in [1.807, 2.05) is 6.33 Å². The molecule has 1 unspecified atom stereocenters. The predicted octanol–water partition coefficient (Wildman–Crippen LogP) is 4.57. The van der Waals surface area contributed by atoms with Crippen LogP contribution in [0.3, 0.4) is 0 Å². The molecule has 8 nitrogen and oxygen atoms in total. The average Bonchev–Trinajstić information content (AvgIpc) is 3.62. The number of carbonyl (C=O) groups is 1. The lowest BCUT2D eigenvalue weighted by molar-refractivity contribution is 0.100. The first-order valence-corrected chi connectivity index (χ1v) is 13.2. The summed E-state index contributed by atoms with van der Waals surface area (Å²) in [6.07, 6.45) is 11.1. The molecule has 3 heterocycles. The zero-order valence-electron chi connectivity index (χ0n) is 21.2. The van der Waals surface area contributed by atoms with Gasteiger partial charge in [-0.05, 0) is 63.0 Å². The number of nitrogens with two attached hydrogens (primary N) is 1. The van der Waals surface area contributed by atoms with E-state index in [0.29, 0.717) is 23.0 Å². The van der Waals surface area contributed by atoms with Crippen molar-refractivity contribution >= 4 is 33.7 Å². The van der Waals surface area contributed by atoms with Crippen molar-refractivity contribution in [3.63, 3.8) is 0 Å². The van der Waals surface area contributed by atoms with Crippen LogP contribution in [0.25, 0.3) is 33.2 Å². The summed E-state index contributed by atoms with van der Waals surface area (Å²) in [6, 6.07) is 9.17. The maximum absolute atomic E-state index is 12.7. The molecular weight excluding hydrogens is 450 g/mol. The highest BCUT2D eigenvalue weighted by molar-refractivity contribution is 6.13. The number of rotatable bonds is 6. The fourth-order valence-corrected chi connectivity index (χ4v) is 6.38. The van der Waals surface area contributed by atoms with Crippen LogP contribution in [-0.2, 0) is 0 Å². The van der Waals surface area contributed by atoms with E-state index < -0.39 is 5.91 Å². The molecule has 1 aliphatic heterocycles. The fraction of sp³-hybridized carbons (Fsp3) is 0.464. The maximum Gasteiger partial charge on any atom is 0.253 e. The number of nitrogens with one attached hydrogen (secondary N) is 1. The molecule has 6 rings (SSSR count). The van der Waals surface area contributed by atoms with E-state index in [0.717, 1.165) is 53.9 Å². The molecule has 0 spiro atoms. The SMILES string of the molecule is CN(C)CC1CCN(c2cc(-c3ccc4c(c3)ncn4C3CCCCC3)c3nc[nH]c3c2C(N)=O)C1. The minimum absolute atomic E-state index is 0.427. The third-order valence-electron chi connectivity index (χ3n) is 8.03. The molecule has 0 radical (unpaired) electrons. The number of imidazole rings is 2. The summed E-state index contributed by atoms with van der Waals surface area (Å²) in [6.45, 7) is 2.84. The van der Waals surface area contributed by atoms with Gasteiger partial charge in [-0.15, -0.1) is 0 Å². The third kappa shape index (κ3) is 4.03. The summed E-state index contributed by atoms with van der Waals surface area (Å²) in [5.41, 5.74) is 13.0. The number of H-pyrrole nitrogens is 1. The van der Waals surface area contributed by atoms with E-state index in [4.69, 9.17) is 10.7 Å². The molecule has 2 fully saturated rings. The van der Waals surface area contributed by atoms with Crippen LogP contribution in [0.2, 0.25) is 0 Å². The number of carbonyl (C=O) groups excluding carboxylic acids is 1. The van der Waals surface area contributed by atoms with Gasteiger partial charge in [0.2, 0.25) is 0 Å². The maximum atomic E-state index is 12.7. The van der Waals surface area contributed by atoms with Gasteiger partial charge >= 0.3 is 0 Å². The van der Waals surface area contributed by atoms with Crippen LogP contribution >= 0.6 is 0 Å². The van der Waals surface area contributed by atoms with Gasteiger partial charge in [-0.1, -0.05) is 25.3 Å². The van der Waals surface area contributed by atoms with E-state index in [2.05, 4.69) is 62.7 Å². The summed E-state index contributed by atoms with van der Waals surface area (Å²) in [5.74, 6) is 0.130. The molecule has 188 valence electrons. The van der Waals surface area contributed by atoms with E-state index >= 15 is 0 Å². The lowest BCUT2D eigenvalue weighted by Crippen LogP contribution is -2.27. The summed E-state index contributed by atoms with van der Waals surface area (Å²) < 4.78 is 2.36. The quantitative estimate of drug-likeness (QED) is 0.417. The lowest BCUT2D eigenvalue weighted by Gasteiger charge is -2.24. The van der Waals surface area contributed by atoms with Gasteiger partial charge in [0.05, 0.1) is 46.0 Å². The first kappa shape index (κ1) is 23.0. The molecule has 36 heavy (non-hydrogen) atoms. The monoisotopic (exact) mass is 485 g/mol. The van der Waals surface area contributed by atoms with E-state index in [1.165, 1.54) is 37.6 Å². The van der Waals surface area contributed by atoms with Crippen LogP contribution in [0.15, 0.2) is 36.9 Å². The van der Waals surface area contributed by atoms with E-state index in [9.17, 15) is 4.79 Å². The summed E-state index contributed by atoms with van der Waals surface area (Å²) in [7, 11) is 4.22. The Bertz CT molecular complexity index is 1410. The van der Waals surface area contributed by atoms with Crippen LogP contribution in [0, 0.1) is 5.92 Å². The number of primary amides is 1. The molecule has 1 saturated heterocycles. The molecule has 3 N–H and O–H groups in total. The Labute approximate surface area is 211 Å². The second-order valence-corrected chi connectivity index (χ2v) is 10.8. The number of hydrogen-bond acceptors (Lipinski definition) is 5. The first-order valence-electron chi connectivity index (χ1n) is 13.2. The molecule has 2 aromatic heterocycles. The Morgan fingerprint density at radius 3 is 2.75 bits per heavy atom. The smallest absolute Gasteiger partial charge is 0.253 e. The molecule has 1 aliphatic carbocycles. The number of amides is 1. The zero-order chi connectivity index (χ0) is 24.8. The molecule has 2 aliphatic rings. The number of aromatic amines is 1. The third-order valence-corrected chi connectivity index (χ3v) is 8.03. The van der Waals surface area contributed by atoms with Gasteiger partial charge in [-0.25, -0.2) is 9.97 Å². The van der Waals surface area contributed by atoms with Crippen LogP contribution in [0.4, 0.5) is 5.69 Å². The van der Waals surface area contributed by atoms with Crippen molar-refractivity contribution in [2.75, 3.05) is 38.6 Å². The van der Waals surface area contributed by atoms with Crippen LogP contribution < -0.4 is 10.6 Å². The second-order valence-electron chi connectivity index (χ2n) is 10.8. The standard InChI is InChI=1S/C28H35N7O/c1-33(2)14-18-10-11-34(15-18)24-13-21(26-27(31-16-30-26)25(24)28(29)36)19-8-9-23-22(12-19)32-17-35(23)20-6-4-3-5-7-20/h8-9,12-13,16-18,20H,3-7,10-11,14-15H2,1-2H3,(H2,29,36)(H,30,31). The summed E-state index contributed by atoms with van der Waals surface area (Å²) in [5, 5.41) is 0. The number of nitrogens with zero attached hydrogens (tertiary/aromatic N) is 5. The summed E-state index contributed by atoms with van der Waals surface area (Å²) >= 11 is 0. The lowest BCUT2D eigenvalue weighted by atomic mass is 9.95. The van der Waals surface area contributed by atoms with E-state index in [1.54, 1.807) is 6.33 Å². The minimum atomic E-state index is -0.427. The summed E-state index contributed by atoms with van der Waals surface area (Å²) in [4.78, 5) is 29.8. The van der Waals surface area contributed by atoms with Gasteiger partial charge in [0, 0.05) is 31.2 Å². The van der Waals surface area contributed by atoms with Crippen LogP contribution in [-0.4, -0.2) is 64.1 Å². The molecule has 0 bridgehead atoms. The van der Waals surface area contributed by atoms with Gasteiger partial charge in [-0.3, -0.25) is 4.79 Å². The highest BCUT2D eigenvalue weighted by Gasteiger charge is 2.29. The van der Waals surface area contributed by atoms with Gasteiger partial charge in [-0.2, -0.15) is 0 Å². The van der Waals surface area contributed by atoms with Crippen molar-refractivity contribution in [3.8, 4) is 11.1 Å². The number of anilines is 1. The Kier molecular flexibility index (Phi) is 5.91. The number of benzene rings is 2. The Morgan fingerprint density at radius 1 is 1.14 bits per heavy atom. The molecule has 4 aromatic rings. The van der Waals surface area contributed by atoms with Crippen molar-refractivity contribution in [3.05, 3.63) is 42.5 Å². The fourth-order valence-electron chi connectivity index (χ4n) is 6.38. The van der Waals surface area contributed by atoms with E-state index in [-0.39, 0.29) is 0 Å². The largest absolute Gasteiger partial charge is 0.370 e. The van der Waals surface area contributed by atoms with Gasteiger partial charge in [0.1, 0.15) is 0 Å². The van der Waals surface area contributed by atoms with Crippen molar-refractivity contribution < 1.29 is 4.79 Å². The molecule has 1 atom stereocenters. The average molecular weight is 486 g/mol. The van der Waals surface area contributed by atoms with Gasteiger partial charge in [0.15, 0.2) is 0 Å². The van der Waals surface area contributed by atoms with Crippen LogP contribution in [0.5, 0.6) is 0 Å². The second kappa shape index (κ2) is 9.24. The van der Waals surface area contributed by atoms with Crippen molar-refractivity contribution in [1.29, 1.82) is 0 Å². The molecule has 1 amide bonds. The van der Waals surface area contributed by atoms with Crippen LogP contribution in [0.1, 0.15) is 54.9 Å². The highest BCUT2D eigenvalue weighted by atomic mass is 16.1. The number of fused-ring (bicyclic) bond motifs is 2.